The van der Waals surface area contributed by atoms with E-state index < -0.39 is 0 Å². The summed E-state index contributed by atoms with van der Waals surface area (Å²) in [7, 11) is 0. The van der Waals surface area contributed by atoms with E-state index in [1.807, 2.05) is 12.1 Å². The maximum atomic E-state index is 10.6. The van der Waals surface area contributed by atoms with Crippen LogP contribution in [-0.2, 0) is 6.54 Å². The van der Waals surface area contributed by atoms with Gasteiger partial charge in [0.15, 0.2) is 0 Å². The molecule has 0 heterocycles. The summed E-state index contributed by atoms with van der Waals surface area (Å²) >= 11 is 0. The van der Waals surface area contributed by atoms with Crippen LogP contribution in [0.25, 0.3) is 0 Å². The number of hydrogen-bond donors (Lipinski definition) is 0. The molecule has 0 radical (unpaired) electrons. The summed E-state index contributed by atoms with van der Waals surface area (Å²) in [5.74, 6) is 6.27. The first-order valence-corrected chi connectivity index (χ1v) is 7.63. The van der Waals surface area contributed by atoms with E-state index >= 15 is 0 Å². The minimum Gasteiger partial charge on any atom is -0.300 e. The van der Waals surface area contributed by atoms with Gasteiger partial charge >= 0.3 is 0 Å². The second-order valence-electron chi connectivity index (χ2n) is 5.15. The fourth-order valence-corrected chi connectivity index (χ4v) is 2.19. The Bertz CT molecular complexity index is 656. The average molecular weight is 291 g/mol. The van der Waals surface area contributed by atoms with Crippen molar-refractivity contribution in [3.63, 3.8) is 0 Å². The van der Waals surface area contributed by atoms with Gasteiger partial charge in [0.25, 0.3) is 0 Å². The zero-order chi connectivity index (χ0) is 15.8. The molecule has 0 aliphatic rings. The lowest BCUT2D eigenvalue weighted by molar-refractivity contribution is 0.112. The highest BCUT2D eigenvalue weighted by atomic mass is 16.1. The summed E-state index contributed by atoms with van der Waals surface area (Å²) < 4.78 is 0. The van der Waals surface area contributed by atoms with Gasteiger partial charge in [-0.15, -0.1) is 0 Å². The van der Waals surface area contributed by atoms with Crippen molar-refractivity contribution in [1.82, 2.24) is 4.90 Å². The molecule has 22 heavy (non-hydrogen) atoms. The molecule has 0 aliphatic carbocycles. The molecular formula is C20H21NO. The Morgan fingerprint density at radius 2 is 1.36 bits per heavy atom. The SMILES string of the molecule is CCN(CC)Cc1ccc(C#Cc2ccc(C=O)cc2)cc1. The number of carbonyl (C=O) groups is 1. The maximum Gasteiger partial charge on any atom is 0.150 e. The summed E-state index contributed by atoms with van der Waals surface area (Å²) in [6.07, 6.45) is 0.839. The molecule has 112 valence electrons. The number of carbonyl (C=O) groups excluding carboxylic acids is 1. The van der Waals surface area contributed by atoms with E-state index in [0.717, 1.165) is 37.0 Å². The molecule has 2 rings (SSSR count). The number of hydrogen-bond acceptors (Lipinski definition) is 2. The van der Waals surface area contributed by atoms with Crippen molar-refractivity contribution in [3.05, 3.63) is 70.8 Å². The lowest BCUT2D eigenvalue weighted by Gasteiger charge is -2.17. The minimum atomic E-state index is 0.673. The molecule has 0 spiro atoms. The van der Waals surface area contributed by atoms with Gasteiger partial charge in [0.1, 0.15) is 6.29 Å². The molecule has 0 aliphatic heterocycles. The lowest BCUT2D eigenvalue weighted by atomic mass is 10.1. The molecule has 2 nitrogen and oxygen atoms in total. The number of aldehydes is 1. The van der Waals surface area contributed by atoms with Gasteiger partial charge in [-0.25, -0.2) is 0 Å². The molecule has 0 saturated heterocycles. The highest BCUT2D eigenvalue weighted by Crippen LogP contribution is 2.07. The Kier molecular flexibility index (Phi) is 5.94. The molecule has 0 N–H and O–H groups in total. The Labute approximate surface area is 132 Å². The van der Waals surface area contributed by atoms with Crippen LogP contribution in [-0.4, -0.2) is 24.3 Å². The first-order valence-electron chi connectivity index (χ1n) is 7.63. The van der Waals surface area contributed by atoms with Crippen molar-refractivity contribution in [2.75, 3.05) is 13.1 Å². The van der Waals surface area contributed by atoms with Crippen molar-refractivity contribution < 1.29 is 4.79 Å². The standard InChI is InChI=1S/C20H21NO/c1-3-21(4-2)15-19-11-7-17(8-12-19)5-6-18-9-13-20(16-22)14-10-18/h7-14,16H,3-4,15H2,1-2H3. The third-order valence-electron chi connectivity index (χ3n) is 3.65. The summed E-state index contributed by atoms with van der Waals surface area (Å²) in [4.78, 5) is 13.0. The molecule has 0 atom stereocenters. The normalized spacial score (nSPS) is 10.1. The fourth-order valence-electron chi connectivity index (χ4n) is 2.19. The van der Waals surface area contributed by atoms with Crippen LogP contribution in [0.15, 0.2) is 48.5 Å². The Morgan fingerprint density at radius 3 is 1.82 bits per heavy atom. The summed E-state index contributed by atoms with van der Waals surface area (Å²) in [6, 6.07) is 15.7. The quantitative estimate of drug-likeness (QED) is 0.618. The number of rotatable bonds is 5. The summed E-state index contributed by atoms with van der Waals surface area (Å²) in [6.45, 7) is 7.47. The molecule has 0 amide bonds. The highest BCUT2D eigenvalue weighted by molar-refractivity contribution is 5.74. The fraction of sp³-hybridized carbons (Fsp3) is 0.250. The molecule has 0 fully saturated rings. The van der Waals surface area contributed by atoms with Crippen molar-refractivity contribution in [2.24, 2.45) is 0 Å². The lowest BCUT2D eigenvalue weighted by Crippen LogP contribution is -2.21. The minimum absolute atomic E-state index is 0.673. The average Bonchev–Trinajstić information content (AvgIpc) is 2.59. The van der Waals surface area contributed by atoms with Crippen molar-refractivity contribution >= 4 is 6.29 Å². The number of benzene rings is 2. The summed E-state index contributed by atoms with van der Waals surface area (Å²) in [5.41, 5.74) is 3.90. The van der Waals surface area contributed by atoms with Crippen molar-refractivity contribution in [2.45, 2.75) is 20.4 Å². The van der Waals surface area contributed by atoms with E-state index in [2.05, 4.69) is 54.9 Å². The third kappa shape index (κ3) is 4.58. The van der Waals surface area contributed by atoms with Crippen LogP contribution in [0.1, 0.15) is 40.9 Å². The second-order valence-corrected chi connectivity index (χ2v) is 5.15. The van der Waals surface area contributed by atoms with Crippen LogP contribution in [0.5, 0.6) is 0 Å². The Morgan fingerprint density at radius 1 is 0.864 bits per heavy atom. The molecule has 0 bridgehead atoms. The van der Waals surface area contributed by atoms with E-state index in [4.69, 9.17) is 0 Å². The second kappa shape index (κ2) is 8.17. The Balaban J connectivity index is 2.04. The van der Waals surface area contributed by atoms with Crippen molar-refractivity contribution in [3.8, 4) is 11.8 Å². The van der Waals surface area contributed by atoms with Gasteiger partial charge in [-0.1, -0.05) is 50.0 Å². The first kappa shape index (κ1) is 16.0. The molecular weight excluding hydrogens is 270 g/mol. The predicted octanol–water partition coefficient (Wildman–Crippen LogP) is 3.74. The van der Waals surface area contributed by atoms with Gasteiger partial charge in [-0.3, -0.25) is 9.69 Å². The van der Waals surface area contributed by atoms with Crippen LogP contribution >= 0.6 is 0 Å². The molecule has 2 heteroatoms. The molecule has 2 aromatic carbocycles. The van der Waals surface area contributed by atoms with Crippen LogP contribution in [0, 0.1) is 11.8 Å². The molecule has 2 aromatic rings. The van der Waals surface area contributed by atoms with Crippen LogP contribution < -0.4 is 0 Å². The van der Waals surface area contributed by atoms with E-state index in [0.29, 0.717) is 5.56 Å². The Hall–Kier alpha value is -2.37. The maximum absolute atomic E-state index is 10.6. The van der Waals surface area contributed by atoms with Crippen LogP contribution in [0.2, 0.25) is 0 Å². The van der Waals surface area contributed by atoms with Gasteiger partial charge in [-0.05, 0) is 42.9 Å². The first-order chi connectivity index (χ1) is 10.7. The van der Waals surface area contributed by atoms with Gasteiger partial charge in [0.2, 0.25) is 0 Å². The van der Waals surface area contributed by atoms with Crippen molar-refractivity contribution in [1.29, 1.82) is 0 Å². The van der Waals surface area contributed by atoms with E-state index in [-0.39, 0.29) is 0 Å². The molecule has 0 aromatic heterocycles. The summed E-state index contributed by atoms with van der Waals surface area (Å²) in [5, 5.41) is 0. The van der Waals surface area contributed by atoms with Gasteiger partial charge in [0, 0.05) is 23.2 Å². The van der Waals surface area contributed by atoms with Crippen LogP contribution in [0.4, 0.5) is 0 Å². The van der Waals surface area contributed by atoms with Gasteiger partial charge < -0.3 is 0 Å². The number of nitrogens with zero attached hydrogens (tertiary/aromatic N) is 1. The zero-order valence-corrected chi connectivity index (χ0v) is 13.2. The zero-order valence-electron chi connectivity index (χ0n) is 13.2. The van der Waals surface area contributed by atoms with Crippen LogP contribution in [0.3, 0.4) is 0 Å². The van der Waals surface area contributed by atoms with Gasteiger partial charge in [0.05, 0.1) is 0 Å². The van der Waals surface area contributed by atoms with E-state index in [1.165, 1.54) is 5.56 Å². The smallest absolute Gasteiger partial charge is 0.150 e. The highest BCUT2D eigenvalue weighted by Gasteiger charge is 2.00. The van der Waals surface area contributed by atoms with Gasteiger partial charge in [-0.2, -0.15) is 0 Å². The van der Waals surface area contributed by atoms with E-state index in [1.54, 1.807) is 12.1 Å². The topological polar surface area (TPSA) is 20.3 Å². The monoisotopic (exact) mass is 291 g/mol. The largest absolute Gasteiger partial charge is 0.300 e. The third-order valence-corrected chi connectivity index (χ3v) is 3.65. The molecule has 0 unspecified atom stereocenters. The predicted molar refractivity (Wildman–Crippen MR) is 90.9 cm³/mol. The molecule has 0 saturated carbocycles. The van der Waals surface area contributed by atoms with E-state index in [9.17, 15) is 4.79 Å².